The molecule has 3 aromatic rings. The van der Waals surface area contributed by atoms with E-state index >= 15 is 0 Å². The molecule has 25 heavy (non-hydrogen) atoms. The normalized spacial score (nSPS) is 14.5. The van der Waals surface area contributed by atoms with Gasteiger partial charge in [-0.05, 0) is 24.3 Å². The van der Waals surface area contributed by atoms with Crippen LogP contribution in [0.15, 0.2) is 42.6 Å². The number of piperazine rings is 1. The molecule has 7 nitrogen and oxygen atoms in total. The molecule has 2 N–H and O–H groups in total. The first kappa shape index (κ1) is 15.1. The fourth-order valence-corrected chi connectivity index (χ4v) is 3.08. The first-order valence-corrected chi connectivity index (χ1v) is 8.13. The van der Waals surface area contributed by atoms with Crippen molar-refractivity contribution in [2.45, 2.75) is 0 Å². The van der Waals surface area contributed by atoms with Gasteiger partial charge in [-0.1, -0.05) is 12.1 Å². The molecule has 1 fully saturated rings. The molecule has 0 radical (unpaired) electrons. The number of pyridine rings is 1. The number of anilines is 3. The fraction of sp³-hybridized carbons (Fsp3) is 0.222. The molecule has 0 bridgehead atoms. The van der Waals surface area contributed by atoms with Gasteiger partial charge in [0.05, 0.1) is 11.1 Å². The second kappa shape index (κ2) is 6.24. The number of para-hydroxylation sites is 1. The Kier molecular flexibility index (Phi) is 3.78. The number of nitriles is 1. The highest BCUT2D eigenvalue weighted by Crippen LogP contribution is 2.23. The maximum absolute atomic E-state index is 9.25. The summed E-state index contributed by atoms with van der Waals surface area (Å²) in [7, 11) is 0. The van der Waals surface area contributed by atoms with E-state index in [-0.39, 0.29) is 0 Å². The third-order valence-corrected chi connectivity index (χ3v) is 4.39. The zero-order valence-corrected chi connectivity index (χ0v) is 13.6. The lowest BCUT2D eigenvalue weighted by molar-refractivity contribution is 0.635. The largest absolute Gasteiger partial charge is 0.383 e. The summed E-state index contributed by atoms with van der Waals surface area (Å²) in [6.07, 6.45) is 1.72. The quantitative estimate of drug-likeness (QED) is 0.765. The van der Waals surface area contributed by atoms with E-state index in [0.29, 0.717) is 17.3 Å². The highest BCUT2D eigenvalue weighted by atomic mass is 15.3. The zero-order chi connectivity index (χ0) is 17.2. The van der Waals surface area contributed by atoms with Crippen LogP contribution in [0.25, 0.3) is 10.9 Å². The molecule has 0 amide bonds. The molecular weight excluding hydrogens is 314 g/mol. The fourth-order valence-electron chi connectivity index (χ4n) is 3.08. The van der Waals surface area contributed by atoms with E-state index in [1.807, 2.05) is 24.3 Å². The van der Waals surface area contributed by atoms with Gasteiger partial charge in [-0.2, -0.15) is 10.2 Å². The standard InChI is InChI=1S/C18H17N7/c19-12-13-4-3-7-21-17(13)24-8-10-25(11-9-24)18-22-15-6-2-1-5-14(15)16(20)23-18/h1-7H,8-11H2,(H2,20,22,23). The van der Waals surface area contributed by atoms with Crippen molar-refractivity contribution in [1.82, 2.24) is 15.0 Å². The Morgan fingerprint density at radius 3 is 2.52 bits per heavy atom. The van der Waals surface area contributed by atoms with Crippen LogP contribution in [0.2, 0.25) is 0 Å². The van der Waals surface area contributed by atoms with Crippen LogP contribution in [0.3, 0.4) is 0 Å². The van der Waals surface area contributed by atoms with Crippen molar-refractivity contribution >= 4 is 28.5 Å². The van der Waals surface area contributed by atoms with Gasteiger partial charge < -0.3 is 15.5 Å². The molecule has 124 valence electrons. The minimum atomic E-state index is 0.500. The molecule has 3 heterocycles. The summed E-state index contributed by atoms with van der Waals surface area (Å²) in [5, 5.41) is 10.1. The van der Waals surface area contributed by atoms with Gasteiger partial charge in [0.2, 0.25) is 5.95 Å². The lowest BCUT2D eigenvalue weighted by Crippen LogP contribution is -2.47. The zero-order valence-electron chi connectivity index (χ0n) is 13.6. The topological polar surface area (TPSA) is 95.0 Å². The predicted octanol–water partition coefficient (Wildman–Crippen LogP) is 1.81. The smallest absolute Gasteiger partial charge is 0.228 e. The summed E-state index contributed by atoms with van der Waals surface area (Å²) >= 11 is 0. The van der Waals surface area contributed by atoms with Gasteiger partial charge in [0.25, 0.3) is 0 Å². The van der Waals surface area contributed by atoms with E-state index in [0.717, 1.165) is 42.9 Å². The number of aromatic nitrogens is 3. The molecule has 1 aliphatic heterocycles. The Labute approximate surface area is 145 Å². The van der Waals surface area contributed by atoms with Gasteiger partial charge in [-0.25, -0.2) is 9.97 Å². The number of fused-ring (bicyclic) bond motifs is 1. The predicted molar refractivity (Wildman–Crippen MR) is 97.3 cm³/mol. The van der Waals surface area contributed by atoms with E-state index in [4.69, 9.17) is 5.73 Å². The number of rotatable bonds is 2. The molecule has 0 aliphatic carbocycles. The summed E-state index contributed by atoms with van der Waals surface area (Å²) in [6.45, 7) is 3.00. The summed E-state index contributed by atoms with van der Waals surface area (Å²) in [4.78, 5) is 17.7. The second-order valence-electron chi connectivity index (χ2n) is 5.89. The number of benzene rings is 1. The molecule has 0 spiro atoms. The molecule has 0 unspecified atom stereocenters. The van der Waals surface area contributed by atoms with E-state index < -0.39 is 0 Å². The lowest BCUT2D eigenvalue weighted by Gasteiger charge is -2.35. The molecule has 7 heteroatoms. The summed E-state index contributed by atoms with van der Waals surface area (Å²) in [6, 6.07) is 13.5. The number of nitrogens with zero attached hydrogens (tertiary/aromatic N) is 6. The van der Waals surface area contributed by atoms with Crippen LogP contribution >= 0.6 is 0 Å². The van der Waals surface area contributed by atoms with Crippen LogP contribution < -0.4 is 15.5 Å². The van der Waals surface area contributed by atoms with Crippen molar-refractivity contribution in [1.29, 1.82) is 5.26 Å². The number of hydrogen-bond donors (Lipinski definition) is 1. The van der Waals surface area contributed by atoms with E-state index in [9.17, 15) is 5.26 Å². The minimum Gasteiger partial charge on any atom is -0.383 e. The van der Waals surface area contributed by atoms with E-state index in [1.54, 1.807) is 18.3 Å². The first-order chi connectivity index (χ1) is 12.3. The van der Waals surface area contributed by atoms with Crippen LogP contribution in [0.1, 0.15) is 5.56 Å². The molecule has 0 saturated carbocycles. The van der Waals surface area contributed by atoms with Crippen LogP contribution in [0.5, 0.6) is 0 Å². The maximum atomic E-state index is 9.25. The average molecular weight is 331 g/mol. The van der Waals surface area contributed by atoms with Crippen molar-refractivity contribution in [3.8, 4) is 6.07 Å². The van der Waals surface area contributed by atoms with Crippen molar-refractivity contribution in [2.75, 3.05) is 41.7 Å². The third-order valence-electron chi connectivity index (χ3n) is 4.39. The van der Waals surface area contributed by atoms with Crippen LogP contribution in [0.4, 0.5) is 17.6 Å². The maximum Gasteiger partial charge on any atom is 0.228 e. The first-order valence-electron chi connectivity index (χ1n) is 8.13. The average Bonchev–Trinajstić information content (AvgIpc) is 2.68. The monoisotopic (exact) mass is 331 g/mol. The van der Waals surface area contributed by atoms with Crippen molar-refractivity contribution in [3.63, 3.8) is 0 Å². The summed E-state index contributed by atoms with van der Waals surface area (Å²) in [5.74, 6) is 1.89. The molecule has 2 aromatic heterocycles. The highest BCUT2D eigenvalue weighted by molar-refractivity contribution is 5.88. The summed E-state index contributed by atoms with van der Waals surface area (Å²) < 4.78 is 0. The van der Waals surface area contributed by atoms with Gasteiger partial charge in [0, 0.05) is 37.8 Å². The Morgan fingerprint density at radius 1 is 0.960 bits per heavy atom. The molecule has 1 aromatic carbocycles. The van der Waals surface area contributed by atoms with Gasteiger partial charge in [0.1, 0.15) is 17.7 Å². The van der Waals surface area contributed by atoms with Gasteiger partial charge in [0.15, 0.2) is 0 Å². The lowest BCUT2D eigenvalue weighted by atomic mass is 10.2. The summed E-state index contributed by atoms with van der Waals surface area (Å²) in [5.41, 5.74) is 7.54. The third kappa shape index (κ3) is 2.78. The van der Waals surface area contributed by atoms with Crippen molar-refractivity contribution in [2.24, 2.45) is 0 Å². The minimum absolute atomic E-state index is 0.500. The number of hydrogen-bond acceptors (Lipinski definition) is 7. The molecule has 1 saturated heterocycles. The Hall–Kier alpha value is -3.40. The number of nitrogens with two attached hydrogens (primary N) is 1. The van der Waals surface area contributed by atoms with E-state index in [1.165, 1.54) is 0 Å². The molecular formula is C18H17N7. The van der Waals surface area contributed by atoms with Crippen LogP contribution in [-0.4, -0.2) is 41.1 Å². The Bertz CT molecular complexity index is 955. The van der Waals surface area contributed by atoms with Crippen LogP contribution in [0, 0.1) is 11.3 Å². The van der Waals surface area contributed by atoms with Crippen molar-refractivity contribution in [3.05, 3.63) is 48.2 Å². The number of nitrogen functional groups attached to an aromatic ring is 1. The molecule has 4 rings (SSSR count). The van der Waals surface area contributed by atoms with E-state index in [2.05, 4.69) is 30.8 Å². The second-order valence-corrected chi connectivity index (χ2v) is 5.89. The Balaban J connectivity index is 1.55. The van der Waals surface area contributed by atoms with Gasteiger partial charge in [-0.3, -0.25) is 0 Å². The highest BCUT2D eigenvalue weighted by Gasteiger charge is 2.22. The molecule has 0 atom stereocenters. The van der Waals surface area contributed by atoms with Crippen LogP contribution in [-0.2, 0) is 0 Å². The molecule has 1 aliphatic rings. The van der Waals surface area contributed by atoms with Crippen molar-refractivity contribution < 1.29 is 0 Å². The van der Waals surface area contributed by atoms with Gasteiger partial charge >= 0.3 is 0 Å². The SMILES string of the molecule is N#Cc1cccnc1N1CCN(c2nc(N)c3ccccc3n2)CC1. The Morgan fingerprint density at radius 2 is 1.72 bits per heavy atom. The van der Waals surface area contributed by atoms with Gasteiger partial charge in [-0.15, -0.1) is 0 Å².